The van der Waals surface area contributed by atoms with Crippen LogP contribution in [0.25, 0.3) is 0 Å². The van der Waals surface area contributed by atoms with Gasteiger partial charge in [0.25, 0.3) is 0 Å². The Labute approximate surface area is 116 Å². The summed E-state index contributed by atoms with van der Waals surface area (Å²) < 4.78 is 13.8. The highest BCUT2D eigenvalue weighted by molar-refractivity contribution is 9.10. The fraction of sp³-hybridized carbons (Fsp3) is 0.429. The normalized spacial score (nSPS) is 18.6. The van der Waals surface area contributed by atoms with Gasteiger partial charge in [0.15, 0.2) is 0 Å². The first-order chi connectivity index (χ1) is 8.72. The molecule has 2 nitrogen and oxygen atoms in total. The van der Waals surface area contributed by atoms with E-state index in [-0.39, 0.29) is 5.82 Å². The van der Waals surface area contributed by atoms with E-state index in [1.54, 1.807) is 0 Å². The Morgan fingerprint density at radius 3 is 2.78 bits per heavy atom. The molecule has 1 aliphatic rings. The number of hydrogen-bond acceptors (Lipinski definition) is 2. The molecule has 1 fully saturated rings. The highest BCUT2D eigenvalue weighted by atomic mass is 79.9. The Morgan fingerprint density at radius 1 is 1.44 bits per heavy atom. The van der Waals surface area contributed by atoms with Crippen molar-refractivity contribution in [2.24, 2.45) is 0 Å². The van der Waals surface area contributed by atoms with Crippen LogP contribution in [-0.4, -0.2) is 31.1 Å². The molecule has 0 radical (unpaired) electrons. The molecule has 1 atom stereocenters. The Bertz CT molecular complexity index is 416. The Kier molecular flexibility index (Phi) is 4.92. The number of hydrogen-bond donors (Lipinski definition) is 1. The van der Waals surface area contributed by atoms with Crippen molar-refractivity contribution in [1.82, 2.24) is 10.2 Å². The molecular weight excluding hydrogens is 295 g/mol. The van der Waals surface area contributed by atoms with Crippen LogP contribution in [-0.2, 0) is 0 Å². The van der Waals surface area contributed by atoms with Gasteiger partial charge < -0.3 is 5.32 Å². The van der Waals surface area contributed by atoms with Crippen molar-refractivity contribution >= 4 is 15.9 Å². The molecule has 98 valence electrons. The van der Waals surface area contributed by atoms with E-state index in [0.29, 0.717) is 10.5 Å². The van der Waals surface area contributed by atoms with Crippen molar-refractivity contribution in [3.05, 3.63) is 46.7 Å². The molecule has 1 aromatic carbocycles. The van der Waals surface area contributed by atoms with Gasteiger partial charge in [-0.25, -0.2) is 4.39 Å². The van der Waals surface area contributed by atoms with E-state index in [4.69, 9.17) is 0 Å². The lowest BCUT2D eigenvalue weighted by Gasteiger charge is -2.34. The molecule has 4 heteroatoms. The summed E-state index contributed by atoms with van der Waals surface area (Å²) in [4.78, 5) is 2.43. The molecular formula is C14H18BrFN2. The maximum Gasteiger partial charge on any atom is 0.137 e. The average molecular weight is 313 g/mol. The van der Waals surface area contributed by atoms with Crippen LogP contribution in [0.3, 0.4) is 0 Å². The molecule has 1 saturated heterocycles. The third-order valence-corrected chi connectivity index (χ3v) is 3.92. The van der Waals surface area contributed by atoms with Crippen LogP contribution in [0.15, 0.2) is 35.3 Å². The van der Waals surface area contributed by atoms with Crippen LogP contribution in [0.4, 0.5) is 4.39 Å². The quantitative estimate of drug-likeness (QED) is 0.859. The maximum atomic E-state index is 13.3. The monoisotopic (exact) mass is 312 g/mol. The van der Waals surface area contributed by atoms with Gasteiger partial charge in [-0.2, -0.15) is 0 Å². The van der Waals surface area contributed by atoms with Crippen molar-refractivity contribution in [2.75, 3.05) is 26.2 Å². The zero-order valence-corrected chi connectivity index (χ0v) is 11.9. The molecule has 1 aromatic rings. The number of piperazine rings is 1. The third-order valence-electron chi connectivity index (χ3n) is 3.31. The summed E-state index contributed by atoms with van der Waals surface area (Å²) in [6, 6.07) is 5.57. The predicted molar refractivity (Wildman–Crippen MR) is 76.1 cm³/mol. The second kappa shape index (κ2) is 6.45. The van der Waals surface area contributed by atoms with Crippen LogP contribution < -0.4 is 5.32 Å². The first-order valence-electron chi connectivity index (χ1n) is 6.23. The predicted octanol–water partition coefficient (Wildman–Crippen LogP) is 3.11. The van der Waals surface area contributed by atoms with Gasteiger partial charge in [0.05, 0.1) is 4.47 Å². The average Bonchev–Trinajstić information content (AvgIpc) is 2.40. The summed E-state index contributed by atoms with van der Waals surface area (Å²) in [6.45, 7) is 7.90. The summed E-state index contributed by atoms with van der Waals surface area (Å²) in [5.74, 6) is -0.212. The Hall–Kier alpha value is -0.710. The summed E-state index contributed by atoms with van der Waals surface area (Å²) in [6.07, 6.45) is 2.82. The molecule has 1 N–H and O–H groups in total. The third kappa shape index (κ3) is 3.19. The van der Waals surface area contributed by atoms with Gasteiger partial charge in [0, 0.05) is 32.2 Å². The second-order valence-corrected chi connectivity index (χ2v) is 5.35. The van der Waals surface area contributed by atoms with Crippen molar-refractivity contribution in [3.8, 4) is 0 Å². The van der Waals surface area contributed by atoms with Gasteiger partial charge >= 0.3 is 0 Å². The fourth-order valence-corrected chi connectivity index (χ4v) is 2.76. The van der Waals surface area contributed by atoms with Gasteiger partial charge in [0.1, 0.15) is 5.82 Å². The van der Waals surface area contributed by atoms with Crippen LogP contribution in [0.2, 0.25) is 0 Å². The van der Waals surface area contributed by atoms with Crippen LogP contribution in [0.1, 0.15) is 18.0 Å². The molecule has 0 aliphatic carbocycles. The molecule has 1 heterocycles. The summed E-state index contributed by atoms with van der Waals surface area (Å²) >= 11 is 3.26. The fourth-order valence-electron chi connectivity index (χ4n) is 2.37. The molecule has 0 saturated carbocycles. The summed E-state index contributed by atoms with van der Waals surface area (Å²) in [5.41, 5.74) is 1.14. The number of rotatable bonds is 4. The van der Waals surface area contributed by atoms with Crippen LogP contribution in [0, 0.1) is 5.82 Å². The highest BCUT2D eigenvalue weighted by Crippen LogP contribution is 2.28. The molecule has 0 unspecified atom stereocenters. The van der Waals surface area contributed by atoms with Gasteiger partial charge in [-0.3, -0.25) is 4.90 Å². The van der Waals surface area contributed by atoms with Crippen molar-refractivity contribution in [1.29, 1.82) is 0 Å². The second-order valence-electron chi connectivity index (χ2n) is 4.50. The lowest BCUT2D eigenvalue weighted by molar-refractivity contribution is 0.174. The van der Waals surface area contributed by atoms with E-state index >= 15 is 0 Å². The minimum Gasteiger partial charge on any atom is -0.314 e. The number of nitrogens with zero attached hydrogens (tertiary/aromatic N) is 1. The van der Waals surface area contributed by atoms with Crippen molar-refractivity contribution in [3.63, 3.8) is 0 Å². The van der Waals surface area contributed by atoms with E-state index in [0.717, 1.165) is 38.2 Å². The standard InChI is InChI=1S/C14H18BrFN2/c1-2-3-14(18-8-6-17-7-9-18)11-4-5-13(16)12(15)10-11/h2,4-5,10,14,17H,1,3,6-9H2/t14-/m0/s1. The van der Waals surface area contributed by atoms with E-state index < -0.39 is 0 Å². The van der Waals surface area contributed by atoms with Gasteiger partial charge in [0.2, 0.25) is 0 Å². The number of halogens is 2. The van der Waals surface area contributed by atoms with E-state index in [9.17, 15) is 4.39 Å². The van der Waals surface area contributed by atoms with Crippen LogP contribution in [0.5, 0.6) is 0 Å². The number of benzene rings is 1. The molecule has 1 aliphatic heterocycles. The lowest BCUT2D eigenvalue weighted by Crippen LogP contribution is -2.45. The molecule has 0 bridgehead atoms. The van der Waals surface area contributed by atoms with Gasteiger partial charge in [-0.05, 0) is 40.0 Å². The largest absolute Gasteiger partial charge is 0.314 e. The first-order valence-corrected chi connectivity index (χ1v) is 7.02. The molecule has 2 rings (SSSR count). The topological polar surface area (TPSA) is 15.3 Å². The molecule has 0 amide bonds. The first kappa shape index (κ1) is 13.7. The van der Waals surface area contributed by atoms with Gasteiger partial charge in [-0.1, -0.05) is 12.1 Å². The Morgan fingerprint density at radius 2 is 2.17 bits per heavy atom. The SMILES string of the molecule is C=CC[C@@H](c1ccc(F)c(Br)c1)N1CCNCC1. The Balaban J connectivity index is 2.22. The number of nitrogens with one attached hydrogen (secondary N) is 1. The molecule has 0 aromatic heterocycles. The van der Waals surface area contributed by atoms with Crippen molar-refractivity contribution in [2.45, 2.75) is 12.5 Å². The minimum atomic E-state index is -0.212. The summed E-state index contributed by atoms with van der Waals surface area (Å²) in [7, 11) is 0. The van der Waals surface area contributed by atoms with Gasteiger partial charge in [-0.15, -0.1) is 6.58 Å². The van der Waals surface area contributed by atoms with Crippen molar-refractivity contribution < 1.29 is 4.39 Å². The zero-order chi connectivity index (χ0) is 13.0. The molecule has 0 spiro atoms. The summed E-state index contributed by atoms with van der Waals surface area (Å²) in [5, 5.41) is 3.35. The van der Waals surface area contributed by atoms with E-state index in [1.165, 1.54) is 6.07 Å². The van der Waals surface area contributed by atoms with Crippen LogP contribution >= 0.6 is 15.9 Å². The lowest BCUT2D eigenvalue weighted by atomic mass is 10.0. The smallest absolute Gasteiger partial charge is 0.137 e. The van der Waals surface area contributed by atoms with E-state index in [2.05, 4.69) is 32.7 Å². The van der Waals surface area contributed by atoms with E-state index in [1.807, 2.05) is 18.2 Å². The molecule has 18 heavy (non-hydrogen) atoms. The maximum absolute atomic E-state index is 13.3. The minimum absolute atomic E-state index is 0.212. The highest BCUT2D eigenvalue weighted by Gasteiger charge is 2.21. The zero-order valence-electron chi connectivity index (χ0n) is 10.3.